The maximum absolute atomic E-state index is 11.5. The minimum absolute atomic E-state index is 0.00767. The molecule has 0 unspecified atom stereocenters. The number of rotatable bonds is 3. The van der Waals surface area contributed by atoms with Crippen molar-refractivity contribution in [3.63, 3.8) is 0 Å². The first-order chi connectivity index (χ1) is 9.81. The van der Waals surface area contributed by atoms with Gasteiger partial charge in [0.25, 0.3) is 0 Å². The molecule has 0 bridgehead atoms. The first kappa shape index (κ1) is 15.8. The van der Waals surface area contributed by atoms with Gasteiger partial charge < -0.3 is 14.8 Å². The normalized spacial score (nSPS) is 22.1. The summed E-state index contributed by atoms with van der Waals surface area (Å²) in [4.78, 5) is 11.5. The van der Waals surface area contributed by atoms with E-state index in [9.17, 15) is 4.79 Å². The van der Waals surface area contributed by atoms with Crippen molar-refractivity contribution in [2.24, 2.45) is 0 Å². The molecule has 1 aliphatic heterocycles. The first-order valence-electron chi connectivity index (χ1n) is 7.40. The average Bonchev–Trinajstić information content (AvgIpc) is 2.87. The number of hydrogen-bond acceptors (Lipinski definition) is 4. The van der Waals surface area contributed by atoms with Crippen LogP contribution in [0.4, 0.5) is 0 Å². The Morgan fingerprint density at radius 2 is 2.05 bits per heavy atom. The van der Waals surface area contributed by atoms with Gasteiger partial charge in [0.05, 0.1) is 7.11 Å². The van der Waals surface area contributed by atoms with E-state index in [1.54, 1.807) is 0 Å². The molecule has 1 aliphatic rings. The van der Waals surface area contributed by atoms with E-state index in [1.807, 2.05) is 6.07 Å². The van der Waals surface area contributed by atoms with Gasteiger partial charge in [-0.05, 0) is 29.5 Å². The second kappa shape index (κ2) is 6.06. The highest BCUT2D eigenvalue weighted by atomic mass is 16.5. The number of aryl methyl sites for hydroxylation is 1. The third kappa shape index (κ3) is 3.76. The SMILES string of the molecule is COC(=O)[C@@H]1C[C@H](Oc2ccc(C(C)(C)C)cc2C)CN1. The quantitative estimate of drug-likeness (QED) is 0.870. The number of benzene rings is 1. The van der Waals surface area contributed by atoms with Gasteiger partial charge in [0.15, 0.2) is 0 Å². The molecule has 116 valence electrons. The molecule has 1 fully saturated rings. The van der Waals surface area contributed by atoms with Crippen LogP contribution in [-0.2, 0) is 14.9 Å². The molecule has 21 heavy (non-hydrogen) atoms. The van der Waals surface area contributed by atoms with Crippen molar-refractivity contribution < 1.29 is 14.3 Å². The van der Waals surface area contributed by atoms with Gasteiger partial charge in [-0.1, -0.05) is 32.9 Å². The van der Waals surface area contributed by atoms with Crippen molar-refractivity contribution in [1.29, 1.82) is 0 Å². The van der Waals surface area contributed by atoms with E-state index in [1.165, 1.54) is 12.7 Å². The van der Waals surface area contributed by atoms with E-state index in [-0.39, 0.29) is 23.5 Å². The largest absolute Gasteiger partial charge is 0.489 e. The zero-order chi connectivity index (χ0) is 15.6. The van der Waals surface area contributed by atoms with Gasteiger partial charge in [-0.3, -0.25) is 4.79 Å². The fourth-order valence-corrected chi connectivity index (χ4v) is 2.54. The van der Waals surface area contributed by atoms with Gasteiger partial charge >= 0.3 is 5.97 Å². The summed E-state index contributed by atoms with van der Waals surface area (Å²) in [5.74, 6) is 0.668. The molecule has 0 aliphatic carbocycles. The van der Waals surface area contributed by atoms with Crippen LogP contribution in [0, 0.1) is 6.92 Å². The fraction of sp³-hybridized carbons (Fsp3) is 0.588. The average molecular weight is 291 g/mol. The Labute approximate surface area is 126 Å². The van der Waals surface area contributed by atoms with Crippen LogP contribution in [0.5, 0.6) is 5.75 Å². The van der Waals surface area contributed by atoms with E-state index < -0.39 is 0 Å². The van der Waals surface area contributed by atoms with Crippen molar-refractivity contribution in [2.45, 2.75) is 51.7 Å². The van der Waals surface area contributed by atoms with Crippen LogP contribution >= 0.6 is 0 Å². The number of nitrogens with one attached hydrogen (secondary N) is 1. The Morgan fingerprint density at radius 1 is 1.33 bits per heavy atom. The van der Waals surface area contributed by atoms with Gasteiger partial charge in [0.1, 0.15) is 17.9 Å². The lowest BCUT2D eigenvalue weighted by Gasteiger charge is -2.21. The van der Waals surface area contributed by atoms with Crippen LogP contribution in [0.2, 0.25) is 0 Å². The van der Waals surface area contributed by atoms with Crippen LogP contribution in [0.3, 0.4) is 0 Å². The van der Waals surface area contributed by atoms with Gasteiger partial charge in [-0.2, -0.15) is 0 Å². The Morgan fingerprint density at radius 3 is 2.62 bits per heavy atom. The lowest BCUT2D eigenvalue weighted by molar-refractivity contribution is -0.142. The molecular weight excluding hydrogens is 266 g/mol. The molecule has 1 heterocycles. The molecule has 4 heteroatoms. The van der Waals surface area contributed by atoms with Crippen LogP contribution < -0.4 is 10.1 Å². The minimum atomic E-state index is -0.255. The van der Waals surface area contributed by atoms with Crippen molar-refractivity contribution >= 4 is 5.97 Å². The summed E-state index contributed by atoms with van der Waals surface area (Å²) in [5.41, 5.74) is 2.56. The number of esters is 1. The lowest BCUT2D eigenvalue weighted by atomic mass is 9.86. The Hall–Kier alpha value is -1.55. The first-order valence-corrected chi connectivity index (χ1v) is 7.40. The van der Waals surface area contributed by atoms with Crippen LogP contribution in [0.15, 0.2) is 18.2 Å². The molecule has 0 saturated carbocycles. The molecule has 0 radical (unpaired) electrons. The molecule has 1 saturated heterocycles. The van der Waals surface area contributed by atoms with Gasteiger partial charge in [-0.15, -0.1) is 0 Å². The van der Waals surface area contributed by atoms with Gasteiger partial charge in [0, 0.05) is 13.0 Å². The second-order valence-corrected chi connectivity index (χ2v) is 6.69. The van der Waals surface area contributed by atoms with Crippen LogP contribution in [0.25, 0.3) is 0 Å². The van der Waals surface area contributed by atoms with Crippen molar-refractivity contribution in [1.82, 2.24) is 5.32 Å². The Bertz CT molecular complexity index is 519. The molecule has 2 atom stereocenters. The molecule has 1 N–H and O–H groups in total. The van der Waals surface area contributed by atoms with Crippen LogP contribution in [0.1, 0.15) is 38.3 Å². The molecule has 4 nitrogen and oxygen atoms in total. The zero-order valence-corrected chi connectivity index (χ0v) is 13.5. The molecular formula is C17H25NO3. The van der Waals surface area contributed by atoms with E-state index in [4.69, 9.17) is 9.47 Å². The molecule has 0 amide bonds. The number of ether oxygens (including phenoxy) is 2. The zero-order valence-electron chi connectivity index (χ0n) is 13.5. The van der Waals surface area contributed by atoms with Gasteiger partial charge in [-0.25, -0.2) is 0 Å². The summed E-state index contributed by atoms with van der Waals surface area (Å²) < 4.78 is 10.8. The Kier molecular flexibility index (Phi) is 4.57. The monoisotopic (exact) mass is 291 g/mol. The minimum Gasteiger partial charge on any atom is -0.489 e. The number of methoxy groups -OCH3 is 1. The maximum atomic E-state index is 11.5. The third-order valence-electron chi connectivity index (χ3n) is 3.91. The highest BCUT2D eigenvalue weighted by Gasteiger charge is 2.31. The summed E-state index contributed by atoms with van der Waals surface area (Å²) >= 11 is 0. The van der Waals surface area contributed by atoms with E-state index >= 15 is 0 Å². The highest BCUT2D eigenvalue weighted by Crippen LogP contribution is 2.28. The predicted octanol–water partition coefficient (Wildman–Crippen LogP) is 2.57. The predicted molar refractivity (Wildman–Crippen MR) is 82.7 cm³/mol. The topological polar surface area (TPSA) is 47.6 Å². The molecule has 0 aromatic heterocycles. The van der Waals surface area contributed by atoms with Crippen LogP contribution in [-0.4, -0.2) is 31.8 Å². The second-order valence-electron chi connectivity index (χ2n) is 6.69. The lowest BCUT2D eigenvalue weighted by Crippen LogP contribution is -2.31. The Balaban J connectivity index is 2.03. The van der Waals surface area contributed by atoms with E-state index in [2.05, 4.69) is 45.1 Å². The molecule has 2 rings (SSSR count). The summed E-state index contributed by atoms with van der Waals surface area (Å²) in [6.07, 6.45) is 0.654. The smallest absolute Gasteiger partial charge is 0.323 e. The van der Waals surface area contributed by atoms with E-state index in [0.717, 1.165) is 11.3 Å². The number of carbonyl (C=O) groups excluding carboxylic acids is 1. The number of carbonyl (C=O) groups is 1. The fourth-order valence-electron chi connectivity index (χ4n) is 2.54. The van der Waals surface area contributed by atoms with Crippen molar-refractivity contribution in [3.05, 3.63) is 29.3 Å². The standard InChI is InChI=1S/C17H25NO3/c1-11-8-12(17(2,3)4)6-7-15(11)21-13-9-14(18-10-13)16(19)20-5/h6-8,13-14,18H,9-10H2,1-5H3/t13-,14-/m0/s1. The summed E-state index contributed by atoms with van der Waals surface area (Å²) in [7, 11) is 1.41. The number of hydrogen-bond donors (Lipinski definition) is 1. The molecule has 0 spiro atoms. The maximum Gasteiger partial charge on any atom is 0.323 e. The van der Waals surface area contributed by atoms with Crippen molar-refractivity contribution in [2.75, 3.05) is 13.7 Å². The highest BCUT2D eigenvalue weighted by molar-refractivity contribution is 5.76. The van der Waals surface area contributed by atoms with Gasteiger partial charge in [0.2, 0.25) is 0 Å². The molecule has 1 aromatic rings. The summed E-state index contributed by atoms with van der Waals surface area (Å²) in [5, 5.41) is 3.13. The van der Waals surface area contributed by atoms with E-state index in [0.29, 0.717) is 13.0 Å². The van der Waals surface area contributed by atoms with Crippen molar-refractivity contribution in [3.8, 4) is 5.75 Å². The summed E-state index contributed by atoms with van der Waals surface area (Å²) in [6.45, 7) is 9.32. The summed E-state index contributed by atoms with van der Waals surface area (Å²) in [6, 6.07) is 6.06. The molecule has 1 aromatic carbocycles. The third-order valence-corrected chi connectivity index (χ3v) is 3.91.